The van der Waals surface area contributed by atoms with Crippen LogP contribution >= 0.6 is 27.5 Å². The molecule has 0 radical (unpaired) electrons. The molecule has 5 rings (SSSR count). The molecular weight excluding hydrogens is 490 g/mol. The number of nitrogens with zero attached hydrogens (tertiary/aromatic N) is 3. The van der Waals surface area contributed by atoms with Crippen LogP contribution in [-0.2, 0) is 10.0 Å². The van der Waals surface area contributed by atoms with Crippen molar-refractivity contribution in [2.45, 2.75) is 31.0 Å². The predicted molar refractivity (Wildman–Crippen MR) is 120 cm³/mol. The van der Waals surface area contributed by atoms with Crippen LogP contribution in [0, 0.1) is 0 Å². The van der Waals surface area contributed by atoms with Crippen LogP contribution in [0.3, 0.4) is 0 Å². The molecule has 0 aromatic heterocycles. The van der Waals surface area contributed by atoms with Crippen molar-refractivity contribution >= 4 is 43.3 Å². The normalized spacial score (nSPS) is 23.0. The van der Waals surface area contributed by atoms with Crippen LogP contribution in [0.4, 0.5) is 0 Å². The van der Waals surface area contributed by atoms with Crippen molar-refractivity contribution < 1.29 is 13.2 Å². The average molecular weight is 511 g/mol. The van der Waals surface area contributed by atoms with Crippen LogP contribution in [0.25, 0.3) is 0 Å². The highest BCUT2D eigenvalue weighted by Crippen LogP contribution is 2.50. The number of rotatable bonds is 2. The van der Waals surface area contributed by atoms with Crippen LogP contribution < -0.4 is 4.74 Å². The standard InChI is InChI=1S/C21H21BrClN3O3S/c1-30(27,28)25-10-8-21(9-11-25)26-19(17-12-15(22)4-7-20(17)29-21)13-18(24-26)14-2-5-16(23)6-3-14/h2-7,12,19H,8-11,13H2,1H3/t19-/m0/s1. The SMILES string of the molecule is CS(=O)(=O)N1CCC2(CC1)Oc1ccc(Br)cc1[C@@H]1CC(c3ccc(Cl)cc3)=NN12. The van der Waals surface area contributed by atoms with Gasteiger partial charge in [-0.3, -0.25) is 0 Å². The minimum atomic E-state index is -3.22. The summed E-state index contributed by atoms with van der Waals surface area (Å²) < 4.78 is 33.1. The Kier molecular flexibility index (Phi) is 4.89. The number of benzene rings is 2. The summed E-state index contributed by atoms with van der Waals surface area (Å²) in [5, 5.41) is 7.77. The van der Waals surface area contributed by atoms with Gasteiger partial charge < -0.3 is 4.74 Å². The summed E-state index contributed by atoms with van der Waals surface area (Å²) in [5.74, 6) is 0.847. The quantitative estimate of drug-likeness (QED) is 0.601. The molecule has 2 aromatic carbocycles. The van der Waals surface area contributed by atoms with Crippen LogP contribution in [-0.4, -0.2) is 48.5 Å². The first-order chi connectivity index (χ1) is 14.2. The van der Waals surface area contributed by atoms with Crippen molar-refractivity contribution in [2.75, 3.05) is 19.3 Å². The number of piperidine rings is 1. The van der Waals surface area contributed by atoms with Crippen molar-refractivity contribution in [3.63, 3.8) is 0 Å². The second-order valence-corrected chi connectivity index (χ2v) is 11.3. The fourth-order valence-electron chi connectivity index (χ4n) is 4.57. The molecule has 1 atom stereocenters. The minimum absolute atomic E-state index is 0.0433. The molecule has 1 saturated heterocycles. The Balaban J connectivity index is 1.55. The lowest BCUT2D eigenvalue weighted by atomic mass is 9.91. The van der Waals surface area contributed by atoms with Gasteiger partial charge in [0.2, 0.25) is 15.7 Å². The Bertz CT molecular complexity index is 1130. The van der Waals surface area contributed by atoms with Gasteiger partial charge in [0, 0.05) is 47.4 Å². The topological polar surface area (TPSA) is 62.2 Å². The minimum Gasteiger partial charge on any atom is -0.466 e. The van der Waals surface area contributed by atoms with E-state index in [4.69, 9.17) is 21.4 Å². The fraction of sp³-hybridized carbons (Fsp3) is 0.381. The van der Waals surface area contributed by atoms with E-state index in [0.717, 1.165) is 33.5 Å². The van der Waals surface area contributed by atoms with Gasteiger partial charge in [-0.15, -0.1) is 0 Å². The maximum Gasteiger partial charge on any atom is 0.211 e. The Morgan fingerprint density at radius 2 is 1.87 bits per heavy atom. The lowest BCUT2D eigenvalue weighted by Gasteiger charge is -2.50. The maximum absolute atomic E-state index is 12.0. The number of sulfonamides is 1. The van der Waals surface area contributed by atoms with Crippen LogP contribution in [0.2, 0.25) is 5.02 Å². The molecule has 3 heterocycles. The first-order valence-electron chi connectivity index (χ1n) is 9.82. The second kappa shape index (κ2) is 7.22. The van der Waals surface area contributed by atoms with Gasteiger partial charge in [0.15, 0.2) is 0 Å². The van der Waals surface area contributed by atoms with Crippen LogP contribution in [0.15, 0.2) is 52.0 Å². The summed E-state index contributed by atoms with van der Waals surface area (Å²) in [7, 11) is -3.22. The molecule has 1 fully saturated rings. The summed E-state index contributed by atoms with van der Waals surface area (Å²) in [4.78, 5) is 0. The number of hydrazone groups is 1. The van der Waals surface area contributed by atoms with Gasteiger partial charge in [0.05, 0.1) is 18.0 Å². The van der Waals surface area contributed by atoms with Crippen LogP contribution in [0.5, 0.6) is 5.75 Å². The van der Waals surface area contributed by atoms with Gasteiger partial charge in [0.1, 0.15) is 5.75 Å². The number of ether oxygens (including phenoxy) is 1. The van der Waals surface area contributed by atoms with Crippen molar-refractivity contribution in [3.05, 3.63) is 63.1 Å². The van der Waals surface area contributed by atoms with Crippen molar-refractivity contribution in [3.8, 4) is 5.75 Å². The molecule has 0 unspecified atom stereocenters. The molecule has 1 spiro atoms. The van der Waals surface area contributed by atoms with Gasteiger partial charge in [0.25, 0.3) is 0 Å². The zero-order valence-corrected chi connectivity index (χ0v) is 19.5. The third kappa shape index (κ3) is 3.43. The molecule has 6 nitrogen and oxygen atoms in total. The molecule has 0 saturated carbocycles. The highest BCUT2D eigenvalue weighted by Gasteiger charge is 2.52. The summed E-state index contributed by atoms with van der Waals surface area (Å²) >= 11 is 9.64. The van der Waals surface area contributed by atoms with E-state index in [1.165, 1.54) is 10.6 Å². The van der Waals surface area contributed by atoms with Crippen LogP contribution in [0.1, 0.15) is 36.4 Å². The molecule has 9 heteroatoms. The van der Waals surface area contributed by atoms with Gasteiger partial charge in [-0.1, -0.05) is 39.7 Å². The molecule has 3 aliphatic rings. The van der Waals surface area contributed by atoms with E-state index in [1.54, 1.807) is 0 Å². The molecule has 30 heavy (non-hydrogen) atoms. The average Bonchev–Trinajstić information content (AvgIpc) is 3.16. The lowest BCUT2D eigenvalue weighted by Crippen LogP contribution is -2.59. The molecule has 0 amide bonds. The van der Waals surface area contributed by atoms with E-state index in [9.17, 15) is 8.42 Å². The smallest absolute Gasteiger partial charge is 0.211 e. The van der Waals surface area contributed by atoms with Crippen molar-refractivity contribution in [1.29, 1.82) is 0 Å². The number of hydrogen-bond donors (Lipinski definition) is 0. The van der Waals surface area contributed by atoms with Gasteiger partial charge in [-0.25, -0.2) is 17.7 Å². The van der Waals surface area contributed by atoms with Gasteiger partial charge >= 0.3 is 0 Å². The Morgan fingerprint density at radius 3 is 2.53 bits per heavy atom. The Hall–Kier alpha value is -1.61. The number of fused-ring (bicyclic) bond motifs is 4. The monoisotopic (exact) mass is 509 g/mol. The number of halogens is 2. The summed E-state index contributed by atoms with van der Waals surface area (Å²) in [5.41, 5.74) is 2.46. The van der Waals surface area contributed by atoms with E-state index in [0.29, 0.717) is 31.0 Å². The van der Waals surface area contributed by atoms with Gasteiger partial charge in [-0.05, 0) is 35.9 Å². The number of hydrogen-bond acceptors (Lipinski definition) is 5. The maximum atomic E-state index is 12.0. The van der Waals surface area contributed by atoms with E-state index in [1.807, 2.05) is 36.4 Å². The summed E-state index contributed by atoms with van der Waals surface area (Å²) in [6.45, 7) is 0.833. The molecule has 2 aromatic rings. The fourth-order valence-corrected chi connectivity index (χ4v) is 5.92. The predicted octanol–water partition coefficient (Wildman–Crippen LogP) is 4.40. The molecule has 158 valence electrons. The summed E-state index contributed by atoms with van der Waals surface area (Å²) in [6.07, 6.45) is 3.13. The highest BCUT2D eigenvalue weighted by molar-refractivity contribution is 9.10. The zero-order chi connectivity index (χ0) is 21.1. The Morgan fingerprint density at radius 1 is 1.17 bits per heavy atom. The van der Waals surface area contributed by atoms with Crippen molar-refractivity contribution in [1.82, 2.24) is 9.31 Å². The summed E-state index contributed by atoms with van der Waals surface area (Å²) in [6, 6.07) is 13.8. The first-order valence-corrected chi connectivity index (χ1v) is 12.8. The Labute approximate surface area is 189 Å². The lowest BCUT2D eigenvalue weighted by molar-refractivity contribution is -0.143. The molecular formula is C21H21BrClN3O3S. The molecule has 0 aliphatic carbocycles. The largest absolute Gasteiger partial charge is 0.466 e. The molecule has 0 N–H and O–H groups in total. The first kappa shape index (κ1) is 20.3. The van der Waals surface area contributed by atoms with E-state index in [-0.39, 0.29) is 6.04 Å². The van der Waals surface area contributed by atoms with Gasteiger partial charge in [-0.2, -0.15) is 5.10 Å². The van der Waals surface area contributed by atoms with Crippen molar-refractivity contribution in [2.24, 2.45) is 5.10 Å². The van der Waals surface area contributed by atoms with E-state index < -0.39 is 15.7 Å². The highest BCUT2D eigenvalue weighted by atomic mass is 79.9. The molecule has 0 bridgehead atoms. The van der Waals surface area contributed by atoms with E-state index in [2.05, 4.69) is 27.0 Å². The third-order valence-electron chi connectivity index (χ3n) is 6.11. The molecule has 3 aliphatic heterocycles. The zero-order valence-electron chi connectivity index (χ0n) is 16.4. The van der Waals surface area contributed by atoms with E-state index >= 15 is 0 Å². The second-order valence-electron chi connectivity index (χ2n) is 8.01. The third-order valence-corrected chi connectivity index (χ3v) is 8.16.